The van der Waals surface area contributed by atoms with Crippen LogP contribution in [0.1, 0.15) is 31.1 Å². The standard InChI is InChI=1S/C9H7NO5.C6H6/c10-7(11)5-2-1-4(8(12)13)3-6(5)9(14)15;1-2-4-6-5-3-1/h1-3H,(H2,10,11)(H,12,13)(H,14,15);1-6H. The monoisotopic (exact) mass is 287 g/mol. The van der Waals surface area contributed by atoms with E-state index >= 15 is 0 Å². The molecule has 0 radical (unpaired) electrons. The predicted octanol–water partition coefficient (Wildman–Crippen LogP) is 1.87. The molecule has 0 atom stereocenters. The molecule has 0 bridgehead atoms. The van der Waals surface area contributed by atoms with E-state index in [4.69, 9.17) is 15.9 Å². The zero-order valence-corrected chi connectivity index (χ0v) is 10.9. The normalized spacial score (nSPS) is 9.14. The fraction of sp³-hybridized carbons (Fsp3) is 0. The van der Waals surface area contributed by atoms with Crippen molar-refractivity contribution >= 4 is 17.8 Å². The summed E-state index contributed by atoms with van der Waals surface area (Å²) in [7, 11) is 0. The van der Waals surface area contributed by atoms with Crippen LogP contribution in [0.3, 0.4) is 0 Å². The van der Waals surface area contributed by atoms with Crippen LogP contribution in [0.15, 0.2) is 54.6 Å². The van der Waals surface area contributed by atoms with Crippen LogP contribution >= 0.6 is 0 Å². The summed E-state index contributed by atoms with van der Waals surface area (Å²) in [6.07, 6.45) is 0. The maximum atomic E-state index is 10.8. The highest BCUT2D eigenvalue weighted by atomic mass is 16.4. The number of carboxylic acid groups (broad SMARTS) is 2. The van der Waals surface area contributed by atoms with Gasteiger partial charge in [0, 0.05) is 0 Å². The van der Waals surface area contributed by atoms with E-state index < -0.39 is 23.4 Å². The molecular formula is C15H13NO5. The molecule has 6 heteroatoms. The van der Waals surface area contributed by atoms with Gasteiger partial charge in [0.05, 0.1) is 16.7 Å². The van der Waals surface area contributed by atoms with Gasteiger partial charge in [0.1, 0.15) is 0 Å². The smallest absolute Gasteiger partial charge is 0.336 e. The Morgan fingerprint density at radius 2 is 1.24 bits per heavy atom. The van der Waals surface area contributed by atoms with E-state index in [0.29, 0.717) is 0 Å². The number of hydrogen-bond donors (Lipinski definition) is 3. The molecule has 21 heavy (non-hydrogen) atoms. The number of nitrogens with two attached hydrogens (primary N) is 1. The Bertz CT molecular complexity index is 626. The number of benzene rings is 2. The Morgan fingerprint density at radius 3 is 1.57 bits per heavy atom. The molecule has 0 heterocycles. The summed E-state index contributed by atoms with van der Waals surface area (Å²) in [6.45, 7) is 0. The van der Waals surface area contributed by atoms with Crippen molar-refractivity contribution in [1.29, 1.82) is 0 Å². The summed E-state index contributed by atoms with van der Waals surface area (Å²) in [5.41, 5.74) is 4.09. The minimum absolute atomic E-state index is 0.211. The van der Waals surface area contributed by atoms with Gasteiger partial charge in [0.25, 0.3) is 0 Å². The Labute approximate surface area is 120 Å². The lowest BCUT2D eigenvalue weighted by Crippen LogP contribution is -2.17. The van der Waals surface area contributed by atoms with E-state index in [2.05, 4.69) is 0 Å². The Balaban J connectivity index is 0.000000304. The van der Waals surface area contributed by atoms with Crippen molar-refractivity contribution in [1.82, 2.24) is 0 Å². The summed E-state index contributed by atoms with van der Waals surface area (Å²) >= 11 is 0. The lowest BCUT2D eigenvalue weighted by atomic mass is 10.0. The molecule has 2 aromatic carbocycles. The maximum Gasteiger partial charge on any atom is 0.336 e. The minimum atomic E-state index is -1.40. The average molecular weight is 287 g/mol. The van der Waals surface area contributed by atoms with Crippen LogP contribution < -0.4 is 5.73 Å². The number of hydrogen-bond acceptors (Lipinski definition) is 3. The first-order chi connectivity index (χ1) is 9.93. The molecule has 2 rings (SSSR count). The van der Waals surface area contributed by atoms with Crippen LogP contribution in [0, 0.1) is 0 Å². The number of primary amides is 1. The maximum absolute atomic E-state index is 10.8. The molecule has 0 aliphatic heterocycles. The highest BCUT2D eigenvalue weighted by molar-refractivity contribution is 6.05. The van der Waals surface area contributed by atoms with Crippen LogP contribution in [0.4, 0.5) is 0 Å². The number of carboxylic acids is 2. The Morgan fingerprint density at radius 1 is 0.762 bits per heavy atom. The molecule has 0 unspecified atom stereocenters. The molecule has 6 nitrogen and oxygen atoms in total. The predicted molar refractivity (Wildman–Crippen MR) is 75.3 cm³/mol. The van der Waals surface area contributed by atoms with E-state index in [1.165, 1.54) is 0 Å². The van der Waals surface area contributed by atoms with Crippen LogP contribution in [-0.4, -0.2) is 28.1 Å². The molecule has 0 spiro atoms. The quantitative estimate of drug-likeness (QED) is 0.796. The second-order valence-electron chi connectivity index (χ2n) is 3.89. The zero-order chi connectivity index (χ0) is 15.8. The second-order valence-corrected chi connectivity index (χ2v) is 3.89. The Kier molecular flexibility index (Phi) is 5.64. The van der Waals surface area contributed by atoms with Gasteiger partial charge in [-0.3, -0.25) is 4.79 Å². The molecule has 0 aliphatic rings. The van der Waals surface area contributed by atoms with E-state index in [1.54, 1.807) is 0 Å². The zero-order valence-electron chi connectivity index (χ0n) is 10.9. The van der Waals surface area contributed by atoms with E-state index in [-0.39, 0.29) is 11.1 Å². The summed E-state index contributed by atoms with van der Waals surface area (Å²) < 4.78 is 0. The van der Waals surface area contributed by atoms with E-state index in [9.17, 15) is 14.4 Å². The van der Waals surface area contributed by atoms with Crippen molar-refractivity contribution in [2.24, 2.45) is 5.73 Å². The van der Waals surface area contributed by atoms with Crippen molar-refractivity contribution in [2.45, 2.75) is 0 Å². The molecule has 0 saturated carbocycles. The van der Waals surface area contributed by atoms with Gasteiger partial charge in [-0.2, -0.15) is 0 Å². The molecule has 1 amide bonds. The van der Waals surface area contributed by atoms with Gasteiger partial charge < -0.3 is 15.9 Å². The van der Waals surface area contributed by atoms with E-state index in [0.717, 1.165) is 18.2 Å². The lowest BCUT2D eigenvalue weighted by molar-refractivity contribution is 0.0692. The summed E-state index contributed by atoms with van der Waals surface area (Å²) in [5.74, 6) is -3.58. The second kappa shape index (κ2) is 7.44. The topological polar surface area (TPSA) is 118 Å². The fourth-order valence-electron chi connectivity index (χ4n) is 1.45. The fourth-order valence-corrected chi connectivity index (χ4v) is 1.45. The largest absolute Gasteiger partial charge is 0.478 e. The summed E-state index contributed by atoms with van der Waals surface area (Å²) in [5, 5.41) is 17.3. The van der Waals surface area contributed by atoms with Gasteiger partial charge >= 0.3 is 11.9 Å². The number of amides is 1. The molecule has 0 saturated heterocycles. The molecule has 2 aromatic rings. The van der Waals surface area contributed by atoms with Crippen molar-refractivity contribution < 1.29 is 24.6 Å². The summed E-state index contributed by atoms with van der Waals surface area (Å²) in [6, 6.07) is 15.1. The third kappa shape index (κ3) is 4.79. The van der Waals surface area contributed by atoms with Crippen molar-refractivity contribution in [3.63, 3.8) is 0 Å². The van der Waals surface area contributed by atoms with Crippen LogP contribution in [0.25, 0.3) is 0 Å². The molecule has 0 aromatic heterocycles. The van der Waals surface area contributed by atoms with Gasteiger partial charge in [-0.15, -0.1) is 0 Å². The van der Waals surface area contributed by atoms with Gasteiger partial charge in [-0.05, 0) is 18.2 Å². The van der Waals surface area contributed by atoms with Crippen molar-refractivity contribution in [3.05, 3.63) is 71.3 Å². The first-order valence-corrected chi connectivity index (χ1v) is 5.84. The third-order valence-electron chi connectivity index (χ3n) is 2.43. The van der Waals surface area contributed by atoms with Crippen LogP contribution in [-0.2, 0) is 0 Å². The van der Waals surface area contributed by atoms with Gasteiger partial charge in [-0.25, -0.2) is 9.59 Å². The molecular weight excluding hydrogens is 274 g/mol. The molecule has 4 N–H and O–H groups in total. The number of aromatic carboxylic acids is 2. The number of carbonyl (C=O) groups excluding carboxylic acids is 1. The SMILES string of the molecule is NC(=O)c1ccc(C(=O)O)cc1C(=O)O.c1ccccc1. The third-order valence-corrected chi connectivity index (χ3v) is 2.43. The van der Waals surface area contributed by atoms with Gasteiger partial charge in [0.2, 0.25) is 5.91 Å². The van der Waals surface area contributed by atoms with Crippen molar-refractivity contribution in [2.75, 3.05) is 0 Å². The highest BCUT2D eigenvalue weighted by Crippen LogP contribution is 2.12. The van der Waals surface area contributed by atoms with Crippen LogP contribution in [0.5, 0.6) is 0 Å². The summed E-state index contributed by atoms with van der Waals surface area (Å²) in [4.78, 5) is 32.1. The minimum Gasteiger partial charge on any atom is -0.478 e. The molecule has 108 valence electrons. The van der Waals surface area contributed by atoms with Gasteiger partial charge in [-0.1, -0.05) is 36.4 Å². The number of rotatable bonds is 3. The van der Waals surface area contributed by atoms with Gasteiger partial charge in [0.15, 0.2) is 0 Å². The van der Waals surface area contributed by atoms with Crippen molar-refractivity contribution in [3.8, 4) is 0 Å². The Hall–Kier alpha value is -3.15. The molecule has 0 aliphatic carbocycles. The van der Waals surface area contributed by atoms with Crippen LogP contribution in [0.2, 0.25) is 0 Å². The van der Waals surface area contributed by atoms with E-state index in [1.807, 2.05) is 36.4 Å². The number of carbonyl (C=O) groups is 3. The lowest BCUT2D eigenvalue weighted by Gasteiger charge is -2.02. The highest BCUT2D eigenvalue weighted by Gasteiger charge is 2.16. The first-order valence-electron chi connectivity index (χ1n) is 5.84. The first kappa shape index (κ1) is 15.9. The average Bonchev–Trinajstić information content (AvgIpc) is 2.48. The molecule has 0 fully saturated rings.